The number of carbonyl (C=O) groups is 1. The van der Waals surface area contributed by atoms with E-state index in [9.17, 15) is 9.59 Å². The Hall–Kier alpha value is -3.54. The molecular formula is C38H51N5O5S. The highest BCUT2D eigenvalue weighted by atomic mass is 32.2. The van der Waals surface area contributed by atoms with E-state index in [0.717, 1.165) is 72.9 Å². The van der Waals surface area contributed by atoms with Gasteiger partial charge >= 0.3 is 0 Å². The zero-order valence-electron chi connectivity index (χ0n) is 30.1. The molecule has 6 rings (SSSR count). The predicted molar refractivity (Wildman–Crippen MR) is 195 cm³/mol. The van der Waals surface area contributed by atoms with E-state index < -0.39 is 5.79 Å². The lowest BCUT2D eigenvalue weighted by Crippen LogP contribution is -2.47. The Morgan fingerprint density at radius 1 is 1.10 bits per heavy atom. The zero-order valence-corrected chi connectivity index (χ0v) is 31.0. The minimum atomic E-state index is -0.859. The van der Waals surface area contributed by atoms with E-state index in [1.165, 1.54) is 11.8 Å². The minimum Gasteiger partial charge on any atom is -0.448 e. The molecule has 1 saturated heterocycles. The highest BCUT2D eigenvalue weighted by Gasteiger charge is 2.48. The largest absolute Gasteiger partial charge is 0.448 e. The van der Waals surface area contributed by atoms with Crippen LogP contribution in [0.3, 0.4) is 0 Å². The number of nitrogens with one attached hydrogen (secondary N) is 2. The summed E-state index contributed by atoms with van der Waals surface area (Å²) in [6, 6.07) is 8.45. The third-order valence-corrected chi connectivity index (χ3v) is 11.4. The second kappa shape index (κ2) is 14.4. The van der Waals surface area contributed by atoms with Crippen LogP contribution in [0.5, 0.6) is 11.5 Å². The van der Waals surface area contributed by atoms with Crippen molar-refractivity contribution in [2.75, 3.05) is 37.8 Å². The molecule has 2 N–H and O–H groups in total. The van der Waals surface area contributed by atoms with Crippen LogP contribution in [0.1, 0.15) is 80.6 Å². The van der Waals surface area contributed by atoms with E-state index in [-0.39, 0.29) is 36.1 Å². The Morgan fingerprint density at radius 2 is 1.80 bits per heavy atom. The Kier molecular flexibility index (Phi) is 10.3. The van der Waals surface area contributed by atoms with Gasteiger partial charge in [0.15, 0.2) is 11.5 Å². The van der Waals surface area contributed by atoms with E-state index in [1.54, 1.807) is 0 Å². The van der Waals surface area contributed by atoms with E-state index in [1.807, 2.05) is 57.5 Å². The van der Waals surface area contributed by atoms with Gasteiger partial charge < -0.3 is 34.3 Å². The number of hydrogen-bond donors (Lipinski definition) is 2. The van der Waals surface area contributed by atoms with Gasteiger partial charge in [-0.3, -0.25) is 9.59 Å². The van der Waals surface area contributed by atoms with Crippen molar-refractivity contribution in [2.24, 2.45) is 5.92 Å². The molecule has 1 amide bonds. The number of fused-ring (bicyclic) bond motifs is 1. The number of carbonyl (C=O) groups excluding carboxylic acids is 1. The summed E-state index contributed by atoms with van der Waals surface area (Å²) in [6.07, 6.45) is 8.20. The number of nitrogens with zero attached hydrogens (tertiary/aromatic N) is 3. The fraction of sp³-hybridized carbons (Fsp3) is 0.553. The van der Waals surface area contributed by atoms with E-state index in [4.69, 9.17) is 19.2 Å². The minimum absolute atomic E-state index is 0.105. The molecule has 49 heavy (non-hydrogen) atoms. The van der Waals surface area contributed by atoms with Gasteiger partial charge in [-0.15, -0.1) is 11.8 Å². The van der Waals surface area contributed by atoms with Crippen molar-refractivity contribution in [3.8, 4) is 22.6 Å². The number of morpholine rings is 1. The molecule has 0 bridgehead atoms. The normalized spacial score (nSPS) is 25.1. The molecule has 0 radical (unpaired) electrons. The molecule has 1 saturated carbocycles. The number of amides is 1. The summed E-state index contributed by atoms with van der Waals surface area (Å²) in [6.45, 7) is 14.9. The van der Waals surface area contributed by atoms with Gasteiger partial charge in [0.1, 0.15) is 5.82 Å². The van der Waals surface area contributed by atoms with Crippen LogP contribution in [0.15, 0.2) is 40.2 Å². The summed E-state index contributed by atoms with van der Waals surface area (Å²) in [5.41, 5.74) is 3.91. The van der Waals surface area contributed by atoms with Crippen LogP contribution >= 0.6 is 11.8 Å². The van der Waals surface area contributed by atoms with Gasteiger partial charge in [-0.1, -0.05) is 6.92 Å². The first kappa shape index (κ1) is 35.3. The number of H-pyrrole nitrogens is 1. The first-order chi connectivity index (χ1) is 23.4. The van der Waals surface area contributed by atoms with Crippen LogP contribution in [0.25, 0.3) is 11.1 Å². The van der Waals surface area contributed by atoms with Gasteiger partial charge in [-0.05, 0) is 97.5 Å². The average molecular weight is 690 g/mol. The van der Waals surface area contributed by atoms with Crippen LogP contribution in [-0.2, 0) is 11.3 Å². The number of thioether (sulfide) groups is 1. The topological polar surface area (TPSA) is 109 Å². The molecule has 11 heteroatoms. The second-order valence-corrected chi connectivity index (χ2v) is 15.0. The van der Waals surface area contributed by atoms with E-state index in [0.29, 0.717) is 34.2 Å². The summed E-state index contributed by atoms with van der Waals surface area (Å²) in [5, 5.41) is 3.02. The SMILES string of the molecule is CCN(C)C1CCC(C2(C)Oc3c(-c4ccc(N5C[C@@H](C)O[C@@H](C)C5)nc4)cc(C(=O)NCc4c(SC)cc(C)[nH]c4=O)c(C)c3O2)CC1. The number of aryl methyl sites for hydroxylation is 1. The van der Waals surface area contributed by atoms with Gasteiger partial charge in [-0.25, -0.2) is 4.98 Å². The van der Waals surface area contributed by atoms with Crippen molar-refractivity contribution in [1.82, 2.24) is 20.2 Å². The van der Waals surface area contributed by atoms with Crippen LogP contribution in [0, 0.1) is 19.8 Å². The maximum Gasteiger partial charge on any atom is 0.254 e. The van der Waals surface area contributed by atoms with Crippen LogP contribution < -0.4 is 25.2 Å². The van der Waals surface area contributed by atoms with Gasteiger partial charge in [0.25, 0.3) is 17.3 Å². The van der Waals surface area contributed by atoms with Gasteiger partial charge in [-0.2, -0.15) is 0 Å². The number of benzene rings is 1. The summed E-state index contributed by atoms with van der Waals surface area (Å²) >= 11 is 1.49. The molecule has 1 aliphatic carbocycles. The molecule has 4 heterocycles. The monoisotopic (exact) mass is 689 g/mol. The molecule has 3 aromatic rings. The number of ether oxygens (including phenoxy) is 3. The van der Waals surface area contributed by atoms with Crippen molar-refractivity contribution < 1.29 is 19.0 Å². The van der Waals surface area contributed by atoms with Crippen molar-refractivity contribution in [3.05, 3.63) is 63.2 Å². The summed E-state index contributed by atoms with van der Waals surface area (Å²) in [4.78, 5) is 40.0. The first-order valence-corrected chi connectivity index (χ1v) is 18.8. The average Bonchev–Trinajstić information content (AvgIpc) is 3.46. The van der Waals surface area contributed by atoms with Gasteiger partial charge in [0.05, 0.1) is 12.2 Å². The summed E-state index contributed by atoms with van der Waals surface area (Å²) < 4.78 is 19.6. The maximum absolute atomic E-state index is 13.9. The predicted octanol–water partition coefficient (Wildman–Crippen LogP) is 6.32. The lowest BCUT2D eigenvalue weighted by molar-refractivity contribution is -0.123. The Morgan fingerprint density at radius 3 is 2.43 bits per heavy atom. The Labute approximate surface area is 294 Å². The highest BCUT2D eigenvalue weighted by molar-refractivity contribution is 7.98. The fourth-order valence-corrected chi connectivity index (χ4v) is 8.40. The molecule has 2 fully saturated rings. The number of hydrogen-bond acceptors (Lipinski definition) is 9. The second-order valence-electron chi connectivity index (χ2n) is 14.1. The highest BCUT2D eigenvalue weighted by Crippen LogP contribution is 2.53. The molecule has 1 unspecified atom stereocenters. The maximum atomic E-state index is 13.9. The number of aromatic nitrogens is 2. The number of aromatic amines is 1. The molecule has 264 valence electrons. The number of pyridine rings is 2. The van der Waals surface area contributed by atoms with Crippen LogP contribution in [0.4, 0.5) is 5.82 Å². The molecule has 2 aromatic heterocycles. The van der Waals surface area contributed by atoms with Crippen LogP contribution in [0.2, 0.25) is 0 Å². The third kappa shape index (κ3) is 7.21. The Balaban J connectivity index is 1.33. The summed E-state index contributed by atoms with van der Waals surface area (Å²) in [5.74, 6) is 1.19. The van der Waals surface area contributed by atoms with Crippen LogP contribution in [-0.4, -0.2) is 77.7 Å². The number of anilines is 1. The zero-order chi connectivity index (χ0) is 35.0. The molecule has 1 aromatic carbocycles. The number of rotatable bonds is 9. The van der Waals surface area contributed by atoms with Gasteiger partial charge in [0, 0.05) is 83.1 Å². The first-order valence-electron chi connectivity index (χ1n) is 17.6. The quantitative estimate of drug-likeness (QED) is 0.250. The third-order valence-electron chi connectivity index (χ3n) is 10.6. The lowest BCUT2D eigenvalue weighted by atomic mass is 9.81. The Bertz CT molecular complexity index is 1730. The van der Waals surface area contributed by atoms with Crippen molar-refractivity contribution in [3.63, 3.8) is 0 Å². The standard InChI is InChI=1S/C38H51N5O5S/c1-9-42(7)28-13-11-27(12-14-28)38(6)47-34-25(5)29(36(44)40-19-31-32(49-8)16-22(2)41-37(31)45)17-30(35(34)48-38)26-10-15-33(39-18-26)43-20-23(3)46-24(4)21-43/h10,15-18,23-24,27-28H,9,11-14,19-21H2,1-8H3,(H,40,44)(H,41,45)/t23-,24+,27?,28?,38?. The molecule has 10 nitrogen and oxygen atoms in total. The van der Waals surface area contributed by atoms with Gasteiger partial charge in [0.2, 0.25) is 0 Å². The fourth-order valence-electron chi connectivity index (χ4n) is 7.70. The molecule has 3 atom stereocenters. The van der Waals surface area contributed by atoms with E-state index >= 15 is 0 Å². The molecule has 0 spiro atoms. The van der Waals surface area contributed by atoms with E-state index in [2.05, 4.69) is 47.9 Å². The molecular weight excluding hydrogens is 639 g/mol. The molecule has 3 aliphatic rings. The lowest BCUT2D eigenvalue weighted by Gasteiger charge is -2.39. The molecule has 2 aliphatic heterocycles. The van der Waals surface area contributed by atoms with Crippen molar-refractivity contribution >= 4 is 23.5 Å². The van der Waals surface area contributed by atoms with Crippen molar-refractivity contribution in [1.29, 1.82) is 0 Å². The van der Waals surface area contributed by atoms with Crippen molar-refractivity contribution in [2.45, 2.75) is 103 Å². The summed E-state index contributed by atoms with van der Waals surface area (Å²) in [7, 11) is 2.20. The smallest absolute Gasteiger partial charge is 0.254 e.